The minimum atomic E-state index is -0.338. The summed E-state index contributed by atoms with van der Waals surface area (Å²) >= 11 is 0. The monoisotopic (exact) mass is 349 g/mol. The first kappa shape index (κ1) is 17.9. The first-order valence-electron chi connectivity index (χ1n) is 9.13. The maximum Gasteiger partial charge on any atom is 0.280 e. The normalized spacial score (nSPS) is 23.5. The number of fused-ring (bicyclic) bond motifs is 1. The van der Waals surface area contributed by atoms with Crippen molar-refractivity contribution in [2.45, 2.75) is 70.8 Å². The van der Waals surface area contributed by atoms with Crippen LogP contribution in [0.15, 0.2) is 11.1 Å². The molecule has 0 amide bonds. The number of aromatic nitrogens is 4. The van der Waals surface area contributed by atoms with Crippen LogP contribution in [0.4, 0.5) is 5.95 Å². The number of ether oxygens (including phenoxy) is 2. The van der Waals surface area contributed by atoms with E-state index in [1.54, 1.807) is 10.9 Å². The molecule has 1 fully saturated rings. The molecule has 1 saturated heterocycles. The second kappa shape index (κ2) is 7.97. The van der Waals surface area contributed by atoms with Gasteiger partial charge in [0.2, 0.25) is 5.95 Å². The van der Waals surface area contributed by atoms with Crippen LogP contribution < -0.4 is 11.3 Å². The molecule has 0 spiro atoms. The van der Waals surface area contributed by atoms with Crippen molar-refractivity contribution in [2.24, 2.45) is 0 Å². The fourth-order valence-corrected chi connectivity index (χ4v) is 3.33. The molecule has 0 saturated carbocycles. The summed E-state index contributed by atoms with van der Waals surface area (Å²) in [7, 11) is 0. The van der Waals surface area contributed by atoms with Crippen LogP contribution in [0.1, 0.15) is 58.6 Å². The number of nitrogens with two attached hydrogens (primary N) is 1. The number of unbranched alkanes of at least 4 members (excludes halogenated alkanes) is 3. The number of rotatable bonds is 8. The van der Waals surface area contributed by atoms with Gasteiger partial charge < -0.3 is 15.2 Å². The molecule has 0 bridgehead atoms. The average molecular weight is 349 g/mol. The largest absolute Gasteiger partial charge is 0.375 e. The summed E-state index contributed by atoms with van der Waals surface area (Å²) in [5.41, 5.74) is 6.05. The molecular formula is C17H27N5O3. The number of H-pyrrole nitrogens is 1. The van der Waals surface area contributed by atoms with Gasteiger partial charge in [0.1, 0.15) is 6.23 Å². The van der Waals surface area contributed by atoms with E-state index < -0.39 is 0 Å². The number of imidazole rings is 1. The van der Waals surface area contributed by atoms with E-state index in [-0.39, 0.29) is 35.5 Å². The number of nitrogens with one attached hydrogen (secondary N) is 1. The lowest BCUT2D eigenvalue weighted by Gasteiger charge is -2.17. The van der Waals surface area contributed by atoms with Crippen molar-refractivity contribution in [1.82, 2.24) is 19.5 Å². The topological polar surface area (TPSA) is 108 Å². The summed E-state index contributed by atoms with van der Waals surface area (Å²) < 4.78 is 14.0. The number of nitrogens with zero attached hydrogens (tertiary/aromatic N) is 3. The van der Waals surface area contributed by atoms with Gasteiger partial charge in [-0.3, -0.25) is 14.3 Å². The Morgan fingerprint density at radius 1 is 1.40 bits per heavy atom. The van der Waals surface area contributed by atoms with Gasteiger partial charge in [-0.2, -0.15) is 4.98 Å². The van der Waals surface area contributed by atoms with Crippen LogP contribution in [0.5, 0.6) is 0 Å². The number of nitrogen functional groups attached to an aromatic ring is 1. The Hall–Kier alpha value is -1.93. The minimum absolute atomic E-state index is 0.0352. The van der Waals surface area contributed by atoms with E-state index >= 15 is 0 Å². The summed E-state index contributed by atoms with van der Waals surface area (Å²) in [4.78, 5) is 22.8. The Kier molecular flexibility index (Phi) is 5.70. The first-order chi connectivity index (χ1) is 12.1. The highest BCUT2D eigenvalue weighted by Gasteiger charge is 2.36. The Morgan fingerprint density at radius 2 is 2.24 bits per heavy atom. The van der Waals surface area contributed by atoms with E-state index in [1.165, 1.54) is 19.3 Å². The third-order valence-electron chi connectivity index (χ3n) is 4.67. The number of anilines is 1. The standard InChI is InChI=1S/C17H27N5O3/c1-3-5-6-7-8-24-12-9-13(25-11(12)4-2)22-10-19-14-15(22)20-17(18)21-16(14)23/h10-13H,3-9H2,1-2H3,(H3,18,20,21,23)/t11-,12-,13-/m1/s1. The first-order valence-corrected chi connectivity index (χ1v) is 9.13. The highest BCUT2D eigenvalue weighted by molar-refractivity contribution is 5.70. The third kappa shape index (κ3) is 3.85. The number of hydrogen-bond acceptors (Lipinski definition) is 6. The summed E-state index contributed by atoms with van der Waals surface area (Å²) in [5.74, 6) is 0.0769. The highest BCUT2D eigenvalue weighted by Crippen LogP contribution is 2.33. The fraction of sp³-hybridized carbons (Fsp3) is 0.706. The predicted octanol–water partition coefficient (Wildman–Crippen LogP) is 2.36. The number of hydrogen-bond donors (Lipinski definition) is 2. The molecule has 25 heavy (non-hydrogen) atoms. The zero-order valence-electron chi connectivity index (χ0n) is 14.9. The molecule has 138 valence electrons. The molecule has 1 aliphatic rings. The van der Waals surface area contributed by atoms with Gasteiger partial charge in [-0.1, -0.05) is 33.1 Å². The Balaban J connectivity index is 1.71. The molecule has 2 aromatic rings. The van der Waals surface area contributed by atoms with Crippen molar-refractivity contribution in [1.29, 1.82) is 0 Å². The Bertz CT molecular complexity index is 756. The summed E-state index contributed by atoms with van der Waals surface area (Å²) in [6.45, 7) is 5.05. The molecule has 8 heteroatoms. The summed E-state index contributed by atoms with van der Waals surface area (Å²) in [5, 5.41) is 0. The summed E-state index contributed by atoms with van der Waals surface area (Å²) in [6.07, 6.45) is 7.75. The van der Waals surface area contributed by atoms with E-state index in [0.29, 0.717) is 12.1 Å². The van der Waals surface area contributed by atoms with Gasteiger partial charge in [0.05, 0.1) is 18.5 Å². The molecule has 0 aromatic carbocycles. The molecule has 1 aliphatic heterocycles. The molecule has 3 N–H and O–H groups in total. The maximum absolute atomic E-state index is 11.9. The minimum Gasteiger partial charge on any atom is -0.375 e. The Morgan fingerprint density at radius 3 is 3.00 bits per heavy atom. The van der Waals surface area contributed by atoms with Crippen LogP contribution in [0.2, 0.25) is 0 Å². The average Bonchev–Trinajstić information content (AvgIpc) is 3.18. The lowest BCUT2D eigenvalue weighted by atomic mass is 10.1. The highest BCUT2D eigenvalue weighted by atomic mass is 16.6. The van der Waals surface area contributed by atoms with E-state index in [2.05, 4.69) is 28.8 Å². The molecule has 0 radical (unpaired) electrons. The molecule has 2 aromatic heterocycles. The van der Waals surface area contributed by atoms with E-state index in [9.17, 15) is 4.79 Å². The van der Waals surface area contributed by atoms with Crippen LogP contribution in [-0.4, -0.2) is 38.3 Å². The molecule has 3 heterocycles. The van der Waals surface area contributed by atoms with Crippen molar-refractivity contribution < 1.29 is 9.47 Å². The zero-order valence-corrected chi connectivity index (χ0v) is 14.9. The van der Waals surface area contributed by atoms with Gasteiger partial charge in [-0.25, -0.2) is 4.98 Å². The molecule has 0 unspecified atom stereocenters. The van der Waals surface area contributed by atoms with Crippen LogP contribution in [0.25, 0.3) is 11.2 Å². The van der Waals surface area contributed by atoms with Crippen molar-refractivity contribution in [2.75, 3.05) is 12.3 Å². The lowest BCUT2D eigenvalue weighted by molar-refractivity contribution is -0.0390. The molecule has 8 nitrogen and oxygen atoms in total. The fourth-order valence-electron chi connectivity index (χ4n) is 3.33. The van der Waals surface area contributed by atoms with Gasteiger partial charge in [0.15, 0.2) is 11.2 Å². The smallest absolute Gasteiger partial charge is 0.280 e. The van der Waals surface area contributed by atoms with Crippen LogP contribution in [-0.2, 0) is 9.47 Å². The third-order valence-corrected chi connectivity index (χ3v) is 4.67. The second-order valence-electron chi connectivity index (χ2n) is 6.52. The Labute approximate surface area is 146 Å². The van der Waals surface area contributed by atoms with E-state index in [1.807, 2.05) is 0 Å². The van der Waals surface area contributed by atoms with E-state index in [0.717, 1.165) is 19.4 Å². The van der Waals surface area contributed by atoms with Gasteiger partial charge in [0.25, 0.3) is 5.56 Å². The van der Waals surface area contributed by atoms with Crippen molar-refractivity contribution >= 4 is 17.1 Å². The van der Waals surface area contributed by atoms with Gasteiger partial charge in [0, 0.05) is 13.0 Å². The van der Waals surface area contributed by atoms with Crippen LogP contribution in [0.3, 0.4) is 0 Å². The lowest BCUT2D eigenvalue weighted by Crippen LogP contribution is -2.24. The van der Waals surface area contributed by atoms with Crippen molar-refractivity contribution in [3.8, 4) is 0 Å². The van der Waals surface area contributed by atoms with Crippen molar-refractivity contribution in [3.63, 3.8) is 0 Å². The SMILES string of the molecule is CCCCCCO[C@@H]1C[C@H](n2cnc3c(=O)[nH]c(N)nc32)O[C@@H]1CC. The summed E-state index contributed by atoms with van der Waals surface area (Å²) in [6, 6.07) is 0. The van der Waals surface area contributed by atoms with Crippen molar-refractivity contribution in [3.05, 3.63) is 16.7 Å². The van der Waals surface area contributed by atoms with E-state index in [4.69, 9.17) is 15.2 Å². The molecule has 0 aliphatic carbocycles. The molecule has 3 rings (SSSR count). The van der Waals surface area contributed by atoms with Gasteiger partial charge >= 0.3 is 0 Å². The van der Waals surface area contributed by atoms with Gasteiger partial charge in [-0.15, -0.1) is 0 Å². The van der Waals surface area contributed by atoms with Crippen LogP contribution >= 0.6 is 0 Å². The molecular weight excluding hydrogens is 322 g/mol. The predicted molar refractivity (Wildman–Crippen MR) is 95.3 cm³/mol. The zero-order chi connectivity index (χ0) is 17.8. The maximum atomic E-state index is 11.9. The second-order valence-corrected chi connectivity index (χ2v) is 6.52. The van der Waals surface area contributed by atoms with Crippen LogP contribution in [0, 0.1) is 0 Å². The number of aromatic amines is 1. The molecule has 3 atom stereocenters. The quantitative estimate of drug-likeness (QED) is 0.708. The van der Waals surface area contributed by atoms with Gasteiger partial charge in [-0.05, 0) is 12.8 Å².